The summed E-state index contributed by atoms with van der Waals surface area (Å²) in [5, 5.41) is 45.9. The van der Waals surface area contributed by atoms with Crippen LogP contribution in [0.25, 0.3) is 5.76 Å². The molecule has 0 radical (unpaired) electrons. The molecule has 1 aliphatic heterocycles. The van der Waals surface area contributed by atoms with E-state index in [9.17, 15) is 34.8 Å². The SMILES string of the molecule is CC(C)c1cc(CN2CCCCC2)c(O)c2c1C[C@H]1C[C@H]3[C@H](N(C)C)C(=O)C(C(N)=O)=C(O)[C@@]3(O)C(=O)C1=C2O. The number of aliphatic hydroxyl groups is 3. The van der Waals surface area contributed by atoms with E-state index in [0.29, 0.717) is 18.5 Å². The zero-order chi connectivity index (χ0) is 29.3. The Balaban J connectivity index is 1.69. The van der Waals surface area contributed by atoms with Crippen LogP contribution < -0.4 is 5.73 Å². The summed E-state index contributed by atoms with van der Waals surface area (Å²) in [7, 11) is 3.18. The first-order valence-corrected chi connectivity index (χ1v) is 14.0. The van der Waals surface area contributed by atoms with Crippen LogP contribution in [0.5, 0.6) is 5.75 Å². The van der Waals surface area contributed by atoms with Gasteiger partial charge in [-0.1, -0.05) is 26.3 Å². The summed E-state index contributed by atoms with van der Waals surface area (Å²) in [5.41, 5.74) is 4.37. The minimum atomic E-state index is -2.63. The van der Waals surface area contributed by atoms with Gasteiger partial charge in [0.2, 0.25) is 5.78 Å². The van der Waals surface area contributed by atoms with Crippen molar-refractivity contribution in [3.8, 4) is 5.75 Å². The number of phenolic OH excluding ortho intramolecular Hbond substituents is 1. The van der Waals surface area contributed by atoms with Gasteiger partial charge in [-0.15, -0.1) is 0 Å². The molecule has 0 bridgehead atoms. The van der Waals surface area contributed by atoms with Crippen LogP contribution in [0.15, 0.2) is 23.0 Å². The Bertz CT molecular complexity index is 1360. The van der Waals surface area contributed by atoms with Crippen molar-refractivity contribution in [2.45, 2.75) is 70.1 Å². The van der Waals surface area contributed by atoms with Gasteiger partial charge in [0.05, 0.1) is 11.6 Å². The normalized spacial score (nSPS) is 29.1. The summed E-state index contributed by atoms with van der Waals surface area (Å²) < 4.78 is 0. The third-order valence-corrected chi connectivity index (χ3v) is 9.30. The lowest BCUT2D eigenvalue weighted by molar-refractivity contribution is -0.153. The van der Waals surface area contributed by atoms with E-state index >= 15 is 0 Å². The standard InChI is InChI=1S/C30H39N3O7/c1-14(2)17-11-16(13-33-8-6-5-7-9-33)24(34)21-18(17)10-15-12-19-23(32(3)4)26(36)22(29(31)39)28(38)30(19,40)27(37)20(15)25(21)35/h11,14-15,19,23,34-35,38,40H,5-10,12-13H2,1-4H3,(H2,31,39)/t15-,19-,23-,30-/m0/s1. The van der Waals surface area contributed by atoms with Gasteiger partial charge in [-0.25, -0.2) is 0 Å². The average molecular weight is 554 g/mol. The lowest BCUT2D eigenvalue weighted by Gasteiger charge is -2.50. The van der Waals surface area contributed by atoms with Gasteiger partial charge in [0.1, 0.15) is 22.8 Å². The number of phenols is 1. The summed E-state index contributed by atoms with van der Waals surface area (Å²) >= 11 is 0. The van der Waals surface area contributed by atoms with Crippen LogP contribution in [-0.2, 0) is 27.3 Å². The summed E-state index contributed by atoms with van der Waals surface area (Å²) in [6.45, 7) is 6.40. The van der Waals surface area contributed by atoms with Crippen molar-refractivity contribution < 1.29 is 34.8 Å². The van der Waals surface area contributed by atoms with Gasteiger partial charge in [-0.05, 0) is 75.8 Å². The molecule has 5 rings (SSSR count). The molecule has 4 atom stereocenters. The monoisotopic (exact) mass is 553 g/mol. The largest absolute Gasteiger partial charge is 0.508 e. The summed E-state index contributed by atoms with van der Waals surface area (Å²) in [4.78, 5) is 43.3. The van der Waals surface area contributed by atoms with Crippen LogP contribution in [0, 0.1) is 11.8 Å². The summed E-state index contributed by atoms with van der Waals surface area (Å²) in [6, 6.07) is 0.898. The van der Waals surface area contributed by atoms with Crippen LogP contribution in [0.3, 0.4) is 0 Å². The van der Waals surface area contributed by atoms with Gasteiger partial charge in [0, 0.05) is 23.6 Å². The summed E-state index contributed by atoms with van der Waals surface area (Å²) in [6.07, 6.45) is 3.71. The number of rotatable bonds is 5. The molecule has 1 amide bonds. The van der Waals surface area contributed by atoms with Crippen molar-refractivity contribution in [1.29, 1.82) is 0 Å². The third kappa shape index (κ3) is 4.07. The number of fused-ring (bicyclic) bond motifs is 3. The molecule has 1 aromatic rings. The van der Waals surface area contributed by atoms with E-state index < -0.39 is 58.0 Å². The molecular formula is C30H39N3O7. The number of carbonyl (C=O) groups is 3. The maximum Gasteiger partial charge on any atom is 0.255 e. The number of primary amides is 1. The molecule has 1 heterocycles. The number of nitrogens with zero attached hydrogens (tertiary/aromatic N) is 2. The third-order valence-electron chi connectivity index (χ3n) is 9.30. The molecule has 6 N–H and O–H groups in total. The first-order chi connectivity index (χ1) is 18.8. The van der Waals surface area contributed by atoms with Crippen LogP contribution in [0.4, 0.5) is 0 Å². The molecule has 0 unspecified atom stereocenters. The first-order valence-electron chi connectivity index (χ1n) is 14.0. The molecule has 216 valence electrons. The highest BCUT2D eigenvalue weighted by atomic mass is 16.3. The predicted octanol–water partition coefficient (Wildman–Crippen LogP) is 2.07. The topological polar surface area (TPSA) is 165 Å². The van der Waals surface area contributed by atoms with Crippen molar-refractivity contribution in [2.24, 2.45) is 17.6 Å². The molecule has 1 saturated carbocycles. The van der Waals surface area contributed by atoms with Crippen molar-refractivity contribution in [1.82, 2.24) is 9.80 Å². The number of amides is 1. The highest BCUT2D eigenvalue weighted by molar-refractivity contribution is 6.24. The molecule has 10 nitrogen and oxygen atoms in total. The molecular weight excluding hydrogens is 514 g/mol. The van der Waals surface area contributed by atoms with Gasteiger partial charge < -0.3 is 26.2 Å². The first kappa shape index (κ1) is 28.3. The highest BCUT2D eigenvalue weighted by Crippen LogP contribution is 2.53. The molecule has 10 heteroatoms. The maximum atomic E-state index is 14.1. The summed E-state index contributed by atoms with van der Waals surface area (Å²) in [5.74, 6) is -6.19. The van der Waals surface area contributed by atoms with Gasteiger partial charge in [0.15, 0.2) is 11.4 Å². The van der Waals surface area contributed by atoms with E-state index in [2.05, 4.69) is 4.90 Å². The van der Waals surface area contributed by atoms with Crippen LogP contribution >= 0.6 is 0 Å². The van der Waals surface area contributed by atoms with Crippen molar-refractivity contribution in [2.75, 3.05) is 27.2 Å². The molecule has 0 aromatic heterocycles. The van der Waals surface area contributed by atoms with Crippen LogP contribution in [-0.4, -0.2) is 86.5 Å². The van der Waals surface area contributed by atoms with Crippen molar-refractivity contribution >= 4 is 23.2 Å². The molecule has 3 aliphatic carbocycles. The number of piperidine rings is 1. The smallest absolute Gasteiger partial charge is 0.255 e. The van der Waals surface area contributed by atoms with Gasteiger partial charge in [-0.3, -0.25) is 24.2 Å². The van der Waals surface area contributed by atoms with E-state index in [0.717, 1.165) is 37.1 Å². The fourth-order valence-electron chi connectivity index (χ4n) is 7.39. The Morgan fingerprint density at radius 1 is 1.15 bits per heavy atom. The van der Waals surface area contributed by atoms with E-state index in [1.807, 2.05) is 19.9 Å². The maximum absolute atomic E-state index is 14.1. The number of Topliss-reactive ketones (excluding diaryl/α,β-unsaturated/α-hetero) is 2. The quantitative estimate of drug-likeness (QED) is 0.343. The van der Waals surface area contributed by atoms with E-state index in [1.54, 1.807) is 14.1 Å². The van der Waals surface area contributed by atoms with Crippen LogP contribution in [0.2, 0.25) is 0 Å². The van der Waals surface area contributed by atoms with E-state index in [1.165, 1.54) is 11.3 Å². The highest BCUT2D eigenvalue weighted by Gasteiger charge is 2.64. The molecule has 0 spiro atoms. The number of aliphatic hydroxyl groups excluding tert-OH is 2. The lowest BCUT2D eigenvalue weighted by Crippen LogP contribution is -2.65. The van der Waals surface area contributed by atoms with Crippen molar-refractivity contribution in [3.63, 3.8) is 0 Å². The number of nitrogens with two attached hydrogens (primary N) is 1. The molecule has 40 heavy (non-hydrogen) atoms. The fourth-order valence-corrected chi connectivity index (χ4v) is 7.39. The number of hydrogen-bond acceptors (Lipinski definition) is 9. The predicted molar refractivity (Wildman–Crippen MR) is 147 cm³/mol. The number of aromatic hydroxyl groups is 1. The van der Waals surface area contributed by atoms with Gasteiger partial charge >= 0.3 is 0 Å². The molecule has 1 saturated heterocycles. The number of ketones is 2. The minimum absolute atomic E-state index is 0.0657. The number of hydrogen-bond donors (Lipinski definition) is 5. The van der Waals surface area contributed by atoms with E-state index in [-0.39, 0.29) is 29.2 Å². The minimum Gasteiger partial charge on any atom is -0.508 e. The second-order valence-electron chi connectivity index (χ2n) is 12.3. The molecule has 2 fully saturated rings. The average Bonchev–Trinajstić information content (AvgIpc) is 2.87. The number of benzene rings is 1. The Hall–Kier alpha value is -3.21. The fraction of sp³-hybridized carbons (Fsp3) is 0.567. The molecule has 1 aromatic carbocycles. The Labute approximate surface area is 233 Å². The number of likely N-dealkylation sites (tertiary alicyclic amines) is 1. The molecule has 4 aliphatic rings. The Kier molecular flexibility index (Phi) is 7.09. The zero-order valence-electron chi connectivity index (χ0n) is 23.5. The lowest BCUT2D eigenvalue weighted by atomic mass is 9.57. The van der Waals surface area contributed by atoms with Crippen molar-refractivity contribution in [3.05, 3.63) is 45.2 Å². The van der Waals surface area contributed by atoms with Gasteiger partial charge in [-0.2, -0.15) is 0 Å². The number of likely N-dealkylation sites (N-methyl/N-ethyl adjacent to an activating group) is 1. The van der Waals surface area contributed by atoms with Crippen LogP contribution in [0.1, 0.15) is 67.7 Å². The number of carbonyl (C=O) groups excluding carboxylic acids is 3. The Morgan fingerprint density at radius 2 is 1.80 bits per heavy atom. The zero-order valence-corrected chi connectivity index (χ0v) is 23.5. The Morgan fingerprint density at radius 3 is 2.38 bits per heavy atom. The second kappa shape index (κ2) is 10.0. The van der Waals surface area contributed by atoms with E-state index in [4.69, 9.17) is 5.73 Å². The second-order valence-corrected chi connectivity index (χ2v) is 12.3. The van der Waals surface area contributed by atoms with Gasteiger partial charge in [0.25, 0.3) is 5.91 Å².